The number of aromatic nitrogens is 1. The first-order chi connectivity index (χ1) is 14.0. The molecular formula is C23H20N2O4. The maximum absolute atomic E-state index is 13.0. The van der Waals surface area contributed by atoms with E-state index in [-0.39, 0.29) is 17.9 Å². The summed E-state index contributed by atoms with van der Waals surface area (Å²) in [5.41, 5.74) is 2.82. The van der Waals surface area contributed by atoms with Crippen LogP contribution >= 0.6 is 0 Å². The molecule has 2 aromatic heterocycles. The first-order valence-electron chi connectivity index (χ1n) is 9.26. The van der Waals surface area contributed by atoms with Gasteiger partial charge in [0.15, 0.2) is 0 Å². The third-order valence-corrected chi connectivity index (χ3v) is 5.06. The molecule has 1 saturated heterocycles. The lowest BCUT2D eigenvalue weighted by molar-refractivity contribution is -0.140. The second-order valence-corrected chi connectivity index (χ2v) is 7.08. The van der Waals surface area contributed by atoms with Crippen molar-refractivity contribution in [2.75, 3.05) is 0 Å². The van der Waals surface area contributed by atoms with Crippen LogP contribution in [0.15, 0.2) is 71.0 Å². The van der Waals surface area contributed by atoms with E-state index in [2.05, 4.69) is 4.98 Å². The summed E-state index contributed by atoms with van der Waals surface area (Å²) in [5.74, 6) is -1.07. The third-order valence-electron chi connectivity index (χ3n) is 5.06. The summed E-state index contributed by atoms with van der Waals surface area (Å²) >= 11 is 0. The minimum absolute atomic E-state index is 0.0361. The number of carbonyl (C=O) groups excluding carboxylic acids is 2. The van der Waals surface area contributed by atoms with Crippen molar-refractivity contribution in [3.63, 3.8) is 0 Å². The minimum atomic E-state index is -0.804. The van der Waals surface area contributed by atoms with Crippen molar-refractivity contribution in [2.45, 2.75) is 26.4 Å². The van der Waals surface area contributed by atoms with Crippen LogP contribution in [-0.2, 0) is 16.1 Å². The SMILES string of the molecule is Cc1ccc(C)c(/C(O)=C2\C(=O)C(=O)N(Cc3ccco3)C2c2ccccn2)c1. The number of furan rings is 1. The smallest absolute Gasteiger partial charge is 0.296 e. The Morgan fingerprint density at radius 1 is 1.14 bits per heavy atom. The van der Waals surface area contributed by atoms with Crippen LogP contribution in [-0.4, -0.2) is 26.7 Å². The number of amides is 1. The molecule has 1 aliphatic heterocycles. The number of aliphatic hydroxyl groups excluding tert-OH is 1. The van der Waals surface area contributed by atoms with Crippen molar-refractivity contribution < 1.29 is 19.1 Å². The molecule has 1 fully saturated rings. The summed E-state index contributed by atoms with van der Waals surface area (Å²) in [4.78, 5) is 31.6. The van der Waals surface area contributed by atoms with Crippen LogP contribution in [0.25, 0.3) is 5.76 Å². The molecule has 4 rings (SSSR count). The van der Waals surface area contributed by atoms with Crippen LogP contribution in [0.5, 0.6) is 0 Å². The Balaban J connectivity index is 1.90. The summed E-state index contributed by atoms with van der Waals surface area (Å²) in [7, 11) is 0. The standard InChI is InChI=1S/C23H20N2O4/c1-14-8-9-15(2)17(12-14)21(26)19-20(18-7-3-4-10-24-18)25(23(28)22(19)27)13-16-6-5-11-29-16/h3-12,20,26H,13H2,1-2H3/b21-19+. The molecule has 0 radical (unpaired) electrons. The van der Waals surface area contributed by atoms with Gasteiger partial charge in [-0.15, -0.1) is 0 Å². The van der Waals surface area contributed by atoms with Gasteiger partial charge in [0.2, 0.25) is 0 Å². The Labute approximate surface area is 168 Å². The predicted molar refractivity (Wildman–Crippen MR) is 107 cm³/mol. The molecule has 29 heavy (non-hydrogen) atoms. The maximum Gasteiger partial charge on any atom is 0.296 e. The van der Waals surface area contributed by atoms with Crippen LogP contribution < -0.4 is 0 Å². The molecule has 1 unspecified atom stereocenters. The molecular weight excluding hydrogens is 368 g/mol. The number of Topliss-reactive ketones (excluding diaryl/α,β-unsaturated/α-hetero) is 1. The number of nitrogens with zero attached hydrogens (tertiary/aromatic N) is 2. The van der Waals surface area contributed by atoms with Gasteiger partial charge in [-0.1, -0.05) is 23.8 Å². The van der Waals surface area contributed by atoms with Crippen molar-refractivity contribution in [1.82, 2.24) is 9.88 Å². The lowest BCUT2D eigenvalue weighted by Gasteiger charge is -2.23. The zero-order valence-corrected chi connectivity index (χ0v) is 16.1. The molecule has 6 nitrogen and oxygen atoms in total. The van der Waals surface area contributed by atoms with Crippen molar-refractivity contribution >= 4 is 17.4 Å². The number of benzene rings is 1. The lowest BCUT2D eigenvalue weighted by Crippen LogP contribution is -2.29. The number of ketones is 1. The molecule has 0 saturated carbocycles. The zero-order valence-electron chi connectivity index (χ0n) is 16.1. The molecule has 1 N–H and O–H groups in total. The first-order valence-corrected chi connectivity index (χ1v) is 9.26. The summed E-state index contributed by atoms with van der Waals surface area (Å²) in [6.45, 7) is 3.85. The molecule has 6 heteroatoms. The number of carbonyl (C=O) groups is 2. The average Bonchev–Trinajstić information content (AvgIpc) is 3.32. The Hall–Kier alpha value is -3.67. The minimum Gasteiger partial charge on any atom is -0.507 e. The number of hydrogen-bond acceptors (Lipinski definition) is 5. The second kappa shape index (κ2) is 7.39. The van der Waals surface area contributed by atoms with Gasteiger partial charge in [0.05, 0.1) is 24.1 Å². The monoisotopic (exact) mass is 388 g/mol. The topological polar surface area (TPSA) is 83.6 Å². The van der Waals surface area contributed by atoms with Gasteiger partial charge in [0, 0.05) is 11.8 Å². The number of aliphatic hydroxyl groups is 1. The summed E-state index contributed by atoms with van der Waals surface area (Å²) in [6.07, 6.45) is 3.11. The molecule has 0 bridgehead atoms. The second-order valence-electron chi connectivity index (χ2n) is 7.08. The highest BCUT2D eigenvalue weighted by atomic mass is 16.3. The van der Waals surface area contributed by atoms with Crippen molar-refractivity contribution in [3.8, 4) is 0 Å². The first kappa shape index (κ1) is 18.7. The fraction of sp³-hybridized carbons (Fsp3) is 0.174. The van der Waals surface area contributed by atoms with E-state index in [4.69, 9.17) is 4.42 Å². The van der Waals surface area contributed by atoms with E-state index in [0.29, 0.717) is 17.0 Å². The van der Waals surface area contributed by atoms with E-state index < -0.39 is 17.7 Å². The summed E-state index contributed by atoms with van der Waals surface area (Å²) in [5, 5.41) is 11.1. The quantitative estimate of drug-likeness (QED) is 0.416. The van der Waals surface area contributed by atoms with E-state index in [1.165, 1.54) is 11.2 Å². The molecule has 1 aliphatic rings. The van der Waals surface area contributed by atoms with Gasteiger partial charge in [-0.05, 0) is 49.7 Å². The molecule has 0 aliphatic carbocycles. The van der Waals surface area contributed by atoms with Crippen molar-refractivity contribution in [3.05, 3.63) is 94.7 Å². The van der Waals surface area contributed by atoms with Gasteiger partial charge in [0.25, 0.3) is 11.7 Å². The number of aryl methyl sites for hydroxylation is 2. The Morgan fingerprint density at radius 3 is 2.66 bits per heavy atom. The van der Waals surface area contributed by atoms with Gasteiger partial charge in [-0.25, -0.2) is 0 Å². The number of pyridine rings is 1. The fourth-order valence-electron chi connectivity index (χ4n) is 3.59. The van der Waals surface area contributed by atoms with Crippen LogP contribution in [0, 0.1) is 13.8 Å². The Kier molecular flexibility index (Phi) is 4.76. The highest BCUT2D eigenvalue weighted by molar-refractivity contribution is 6.46. The molecule has 3 aromatic rings. The molecule has 1 atom stereocenters. The van der Waals surface area contributed by atoms with E-state index in [0.717, 1.165) is 11.1 Å². The van der Waals surface area contributed by atoms with Crippen LogP contribution in [0.3, 0.4) is 0 Å². The van der Waals surface area contributed by atoms with E-state index in [1.54, 1.807) is 42.6 Å². The average molecular weight is 388 g/mol. The largest absolute Gasteiger partial charge is 0.507 e. The van der Waals surface area contributed by atoms with Gasteiger partial charge in [-0.3, -0.25) is 14.6 Å². The molecule has 146 valence electrons. The normalized spacial score (nSPS) is 18.4. The number of rotatable bonds is 4. The van der Waals surface area contributed by atoms with Crippen LogP contribution in [0.1, 0.15) is 34.2 Å². The number of likely N-dealkylation sites (tertiary alicyclic amines) is 1. The summed E-state index contributed by atoms with van der Waals surface area (Å²) in [6, 6.07) is 13.5. The van der Waals surface area contributed by atoms with E-state index in [1.807, 2.05) is 26.0 Å². The maximum atomic E-state index is 13.0. The molecule has 3 heterocycles. The Morgan fingerprint density at radius 2 is 1.97 bits per heavy atom. The zero-order chi connectivity index (χ0) is 20.5. The van der Waals surface area contributed by atoms with Crippen molar-refractivity contribution in [2.24, 2.45) is 0 Å². The third kappa shape index (κ3) is 3.33. The van der Waals surface area contributed by atoms with Gasteiger partial charge >= 0.3 is 0 Å². The molecule has 1 amide bonds. The molecule has 0 spiro atoms. The van der Waals surface area contributed by atoms with Gasteiger partial charge < -0.3 is 14.4 Å². The molecule has 1 aromatic carbocycles. The van der Waals surface area contributed by atoms with Gasteiger partial charge in [0.1, 0.15) is 17.6 Å². The van der Waals surface area contributed by atoms with E-state index >= 15 is 0 Å². The predicted octanol–water partition coefficient (Wildman–Crippen LogP) is 3.91. The van der Waals surface area contributed by atoms with Gasteiger partial charge in [-0.2, -0.15) is 0 Å². The fourth-order valence-corrected chi connectivity index (χ4v) is 3.59. The number of hydrogen-bond donors (Lipinski definition) is 1. The van der Waals surface area contributed by atoms with Crippen molar-refractivity contribution in [1.29, 1.82) is 0 Å². The summed E-state index contributed by atoms with van der Waals surface area (Å²) < 4.78 is 5.37. The lowest BCUT2D eigenvalue weighted by atomic mass is 9.95. The van der Waals surface area contributed by atoms with E-state index in [9.17, 15) is 14.7 Å². The Bertz CT molecular complexity index is 1100. The van der Waals surface area contributed by atoms with Crippen LogP contribution in [0.4, 0.5) is 0 Å². The highest BCUT2D eigenvalue weighted by Crippen LogP contribution is 2.40. The van der Waals surface area contributed by atoms with Crippen LogP contribution in [0.2, 0.25) is 0 Å². The highest BCUT2D eigenvalue weighted by Gasteiger charge is 2.47.